The smallest absolute Gasteiger partial charge is 0.417 e. The molecular weight excluding hydrogens is 1350 g/mol. The largest absolute Gasteiger partial charge is 0.508 e. The van der Waals surface area contributed by atoms with Gasteiger partial charge < -0.3 is 50.1 Å². The molecule has 0 aliphatic rings. The summed E-state index contributed by atoms with van der Waals surface area (Å²) in [7, 11) is 1.57. The van der Waals surface area contributed by atoms with Gasteiger partial charge in [0, 0.05) is 122 Å². The van der Waals surface area contributed by atoms with Crippen molar-refractivity contribution in [3.8, 4) is 17.6 Å². The minimum absolute atomic E-state index is 0.0580. The molecule has 1 N–H and O–H groups in total. The molecule has 0 fully saturated rings. The highest BCUT2D eigenvalue weighted by molar-refractivity contribution is 5.84. The molecule has 104 heavy (non-hydrogen) atoms. The topological polar surface area (TPSA) is 298 Å². The van der Waals surface area contributed by atoms with Gasteiger partial charge in [-0.2, -0.15) is 18.4 Å². The third-order valence-electron chi connectivity index (χ3n) is 15.1. The van der Waals surface area contributed by atoms with Gasteiger partial charge in [-0.05, 0) is 142 Å². The summed E-state index contributed by atoms with van der Waals surface area (Å²) in [6.07, 6.45) is -4.55. The van der Waals surface area contributed by atoms with Crippen LogP contribution in [0.25, 0.3) is 87.8 Å². The predicted octanol–water partition coefficient (Wildman–Crippen LogP) is 16.4. The molecule has 16 rings (SSSR count). The molecule has 0 aliphatic heterocycles. The third-order valence-corrected chi connectivity index (χ3v) is 15.1. The number of halogens is 3. The van der Waals surface area contributed by atoms with Crippen molar-refractivity contribution in [3.63, 3.8) is 0 Å². The monoisotopic (exact) mass is 1410 g/mol. The quantitative estimate of drug-likeness (QED) is 0.160. The molecule has 0 atom stereocenters. The average Bonchev–Trinajstić information content (AvgIpc) is 0.800. The number of benzene rings is 8. The second-order valence-corrected chi connectivity index (χ2v) is 22.1. The first-order valence-electron chi connectivity index (χ1n) is 31.6. The number of hydrogen-bond acceptors (Lipinski definition) is 20. The standard InChI is InChI=1S/C13H15NO2.C10H5F3O2.C10H5NO2.C10H8O3.2C10H8O2.C9H6O3.C9H6O2/c1-3-14(4-2)11-6-7-12-10(9-11)5-8-13(15)16-12;11-10(12,13)7-5-9(14)15-8-4-2-1-3-6(7)8;11-6-7-5-10(12)13-9-4-2-1-3-8(7)9;1-12-8-4-2-7-3-5-10(11)13-9(7)6-8;1-7-6-10(11)12-9-5-3-2-4-8(7)9;1-7-6-8-4-2-3-5-9(8)12-10(7)11;10-7-3-1-6-2-4-9(11)12-8(6)5-7;10-9-6-5-7-3-1-2-4-8(7)11-9/h5-9H,3-4H2,1-2H3;1-5H;1-5H;2-6H,1H3;2*2-6H,1H3;1-5,10H;1-6H. The summed E-state index contributed by atoms with van der Waals surface area (Å²) in [5.74, 6) is 0.777. The fraction of sp³-hybridized carbons (Fsp3) is 0.0988. The van der Waals surface area contributed by atoms with Crippen LogP contribution in [0.15, 0.2) is 322 Å². The second kappa shape index (κ2) is 34.7. The maximum absolute atomic E-state index is 12.5. The molecule has 524 valence electrons. The fourth-order valence-electron chi connectivity index (χ4n) is 10.1. The lowest BCUT2D eigenvalue weighted by Crippen LogP contribution is -2.21. The van der Waals surface area contributed by atoms with Crippen LogP contribution in [0.1, 0.15) is 36.1 Å². The van der Waals surface area contributed by atoms with Crippen molar-refractivity contribution in [1.29, 1.82) is 5.26 Å². The Hall–Kier alpha value is -13.9. The number of hydrogen-bond donors (Lipinski definition) is 1. The molecule has 23 heteroatoms. The lowest BCUT2D eigenvalue weighted by molar-refractivity contribution is -0.136. The number of alkyl halides is 3. The molecule has 0 spiro atoms. The molecule has 0 aliphatic carbocycles. The normalized spacial score (nSPS) is 10.5. The molecule has 0 saturated heterocycles. The molecule has 8 aromatic carbocycles. The van der Waals surface area contributed by atoms with Crippen LogP contribution in [0.3, 0.4) is 0 Å². The van der Waals surface area contributed by atoms with Gasteiger partial charge in [0.05, 0.1) is 18.2 Å². The molecule has 8 aromatic heterocycles. The van der Waals surface area contributed by atoms with Gasteiger partial charge in [0.15, 0.2) is 0 Å². The van der Waals surface area contributed by atoms with Crippen molar-refractivity contribution in [3.05, 3.63) is 354 Å². The minimum Gasteiger partial charge on any atom is -0.508 e. The Balaban J connectivity index is 0.000000138. The number of fused-ring (bicyclic) bond motifs is 8. The lowest BCUT2D eigenvalue weighted by atomic mass is 10.1. The Labute approximate surface area is 585 Å². The summed E-state index contributed by atoms with van der Waals surface area (Å²) >= 11 is 0. The van der Waals surface area contributed by atoms with Crippen LogP contribution in [0.2, 0.25) is 0 Å². The number of aryl methyl sites for hydroxylation is 2. The van der Waals surface area contributed by atoms with Crippen LogP contribution < -0.4 is 54.6 Å². The predicted molar refractivity (Wildman–Crippen MR) is 391 cm³/mol. The maximum Gasteiger partial charge on any atom is 0.417 e. The van der Waals surface area contributed by atoms with E-state index in [-0.39, 0.29) is 44.8 Å². The van der Waals surface area contributed by atoms with E-state index in [2.05, 4.69) is 23.2 Å². The first-order chi connectivity index (χ1) is 50.0. The van der Waals surface area contributed by atoms with Gasteiger partial charge in [-0.15, -0.1) is 0 Å². The summed E-state index contributed by atoms with van der Waals surface area (Å²) in [5, 5.41) is 23.9. The molecule has 0 radical (unpaired) electrons. The molecule has 16 aromatic rings. The highest BCUT2D eigenvalue weighted by Crippen LogP contribution is 2.34. The SMILES string of the molecule is CCN(CC)c1ccc2oc(=O)ccc2c1.COc1ccc2ccc(=O)oc2c1.Cc1cc(=O)oc2ccccc12.Cc1cc2ccccc2oc1=O.N#Cc1cc(=O)oc2ccccc12.O=c1cc(C(F)(F)F)c2ccccc2o1.O=c1ccc2ccc(O)cc2o1.O=c1ccc2ccccc2o1. The van der Waals surface area contributed by atoms with E-state index in [0.29, 0.717) is 67.4 Å². The molecule has 0 unspecified atom stereocenters. The van der Waals surface area contributed by atoms with Gasteiger partial charge in [0.2, 0.25) is 0 Å². The van der Waals surface area contributed by atoms with Crippen molar-refractivity contribution in [2.24, 2.45) is 0 Å². The van der Waals surface area contributed by atoms with E-state index >= 15 is 0 Å². The Morgan fingerprint density at radius 3 is 1.35 bits per heavy atom. The Bertz CT molecular complexity index is 6250. The number of nitrogens with zero attached hydrogens (tertiary/aromatic N) is 2. The van der Waals surface area contributed by atoms with Gasteiger partial charge in [-0.25, -0.2) is 38.4 Å². The number of nitriles is 1. The average molecular weight is 1410 g/mol. The van der Waals surface area contributed by atoms with E-state index in [1.165, 1.54) is 66.7 Å². The highest BCUT2D eigenvalue weighted by atomic mass is 19.4. The number of anilines is 1. The zero-order valence-corrected chi connectivity index (χ0v) is 56.0. The lowest BCUT2D eigenvalue weighted by Gasteiger charge is -2.21. The van der Waals surface area contributed by atoms with Gasteiger partial charge in [-0.1, -0.05) is 84.9 Å². The Kier molecular flexibility index (Phi) is 24.8. The number of para-hydroxylation sites is 5. The van der Waals surface area contributed by atoms with Gasteiger partial charge in [-0.3, -0.25) is 0 Å². The van der Waals surface area contributed by atoms with Crippen molar-refractivity contribution in [2.45, 2.75) is 33.9 Å². The van der Waals surface area contributed by atoms with Crippen LogP contribution in [0, 0.1) is 25.2 Å². The van der Waals surface area contributed by atoms with Crippen LogP contribution in [-0.4, -0.2) is 25.3 Å². The summed E-state index contributed by atoms with van der Waals surface area (Å²) < 4.78 is 81.9. The fourth-order valence-corrected chi connectivity index (χ4v) is 10.1. The van der Waals surface area contributed by atoms with E-state index in [0.717, 1.165) is 56.7 Å². The number of phenols is 1. The zero-order chi connectivity index (χ0) is 74.5. The summed E-state index contributed by atoms with van der Waals surface area (Å²) in [6, 6.07) is 70.3. The zero-order valence-electron chi connectivity index (χ0n) is 56.0. The Morgan fingerprint density at radius 1 is 0.385 bits per heavy atom. The van der Waals surface area contributed by atoms with Gasteiger partial charge in [0.25, 0.3) is 0 Å². The Morgan fingerprint density at radius 2 is 0.788 bits per heavy atom. The molecule has 20 nitrogen and oxygen atoms in total. The molecule has 8 heterocycles. The number of phenolic OH excluding ortho intramolecular Hbond substituents is 1. The van der Waals surface area contributed by atoms with Crippen LogP contribution in [0.4, 0.5) is 18.9 Å². The first kappa shape index (κ1) is 74.3. The van der Waals surface area contributed by atoms with Crippen molar-refractivity contribution in [1.82, 2.24) is 0 Å². The van der Waals surface area contributed by atoms with Crippen molar-refractivity contribution >= 4 is 93.4 Å². The molecule has 0 bridgehead atoms. The van der Waals surface area contributed by atoms with E-state index in [9.17, 15) is 51.5 Å². The van der Waals surface area contributed by atoms with Crippen molar-refractivity contribution < 1.29 is 58.4 Å². The van der Waals surface area contributed by atoms with Crippen molar-refractivity contribution in [2.75, 3.05) is 25.1 Å². The number of rotatable bonds is 4. The third kappa shape index (κ3) is 20.2. The summed E-state index contributed by atoms with van der Waals surface area (Å²) in [6.45, 7) is 9.84. The summed E-state index contributed by atoms with van der Waals surface area (Å²) in [4.78, 5) is 89.5. The highest BCUT2D eigenvalue weighted by Gasteiger charge is 2.33. The van der Waals surface area contributed by atoms with Crippen LogP contribution >= 0.6 is 0 Å². The molecular formula is C81H61F3N2O18. The molecule has 0 amide bonds. The van der Waals surface area contributed by atoms with Gasteiger partial charge >= 0.3 is 51.2 Å². The minimum atomic E-state index is -4.55. The molecule has 0 saturated carbocycles. The number of methoxy groups -OCH3 is 1. The summed E-state index contributed by atoms with van der Waals surface area (Å²) in [5.41, 5.74) is 2.69. The maximum atomic E-state index is 12.5. The van der Waals surface area contributed by atoms with Crippen LogP contribution in [0.5, 0.6) is 11.5 Å². The second-order valence-electron chi connectivity index (χ2n) is 22.1. The van der Waals surface area contributed by atoms with E-state index in [1.54, 1.807) is 99.0 Å². The van der Waals surface area contributed by atoms with E-state index in [1.807, 2.05) is 104 Å². The van der Waals surface area contributed by atoms with E-state index in [4.69, 9.17) is 46.0 Å². The number of aromatic hydroxyl groups is 1. The van der Waals surface area contributed by atoms with Gasteiger partial charge in [0.1, 0.15) is 62.2 Å². The van der Waals surface area contributed by atoms with E-state index < -0.39 is 28.6 Å². The first-order valence-corrected chi connectivity index (χ1v) is 31.6. The number of ether oxygens (including phenoxy) is 1. The van der Waals surface area contributed by atoms with Crippen LogP contribution in [-0.2, 0) is 6.18 Å².